The number of urea groups is 1. The third-order valence-corrected chi connectivity index (χ3v) is 4.79. The maximum absolute atomic E-state index is 12.7. The van der Waals surface area contributed by atoms with E-state index in [2.05, 4.69) is 17.6 Å². The van der Waals surface area contributed by atoms with Gasteiger partial charge < -0.3 is 26.0 Å². The van der Waals surface area contributed by atoms with Crippen molar-refractivity contribution in [2.24, 2.45) is 11.7 Å². The molecule has 8 nitrogen and oxygen atoms in total. The van der Waals surface area contributed by atoms with Gasteiger partial charge in [-0.05, 0) is 64.3 Å². The minimum atomic E-state index is -0.663. The lowest BCUT2D eigenvalue weighted by Crippen LogP contribution is -2.59. The SMILES string of the molecule is C[C@@H]1CCN(C(=O)OC(C)(C)C)[C@H](C)[C@H]1NC(=O)c1ccc(NC(N)=O)cc1. The molecule has 28 heavy (non-hydrogen) atoms. The molecule has 4 amide bonds. The number of anilines is 1. The van der Waals surface area contributed by atoms with Crippen molar-refractivity contribution < 1.29 is 19.1 Å². The smallest absolute Gasteiger partial charge is 0.410 e. The highest BCUT2D eigenvalue weighted by Gasteiger charge is 2.38. The number of hydrogen-bond acceptors (Lipinski definition) is 4. The molecule has 4 N–H and O–H groups in total. The fourth-order valence-corrected chi connectivity index (χ4v) is 3.32. The van der Waals surface area contributed by atoms with Gasteiger partial charge in [-0.1, -0.05) is 6.92 Å². The molecule has 8 heteroatoms. The van der Waals surface area contributed by atoms with Crippen LogP contribution in [0.4, 0.5) is 15.3 Å². The second kappa shape index (κ2) is 8.50. The quantitative estimate of drug-likeness (QED) is 0.736. The number of primary amides is 1. The summed E-state index contributed by atoms with van der Waals surface area (Å²) in [6.45, 7) is 10.1. The summed E-state index contributed by atoms with van der Waals surface area (Å²) in [6, 6.07) is 5.40. The van der Waals surface area contributed by atoms with E-state index in [1.807, 2.05) is 27.7 Å². The van der Waals surface area contributed by atoms with E-state index in [4.69, 9.17) is 10.5 Å². The number of benzene rings is 1. The van der Waals surface area contributed by atoms with Crippen LogP contribution in [-0.4, -0.2) is 47.2 Å². The molecular formula is C20H30N4O4. The highest BCUT2D eigenvalue weighted by molar-refractivity contribution is 5.95. The van der Waals surface area contributed by atoms with Crippen LogP contribution in [0.2, 0.25) is 0 Å². The highest BCUT2D eigenvalue weighted by atomic mass is 16.6. The fourth-order valence-electron chi connectivity index (χ4n) is 3.32. The molecule has 154 valence electrons. The van der Waals surface area contributed by atoms with Crippen LogP contribution in [0.15, 0.2) is 24.3 Å². The summed E-state index contributed by atoms with van der Waals surface area (Å²) >= 11 is 0. The van der Waals surface area contributed by atoms with Crippen molar-refractivity contribution in [3.8, 4) is 0 Å². The number of piperidine rings is 1. The van der Waals surface area contributed by atoms with E-state index >= 15 is 0 Å². The first-order valence-corrected chi connectivity index (χ1v) is 9.45. The largest absolute Gasteiger partial charge is 0.444 e. The van der Waals surface area contributed by atoms with Gasteiger partial charge in [0.15, 0.2) is 0 Å². The van der Waals surface area contributed by atoms with Gasteiger partial charge in [-0.15, -0.1) is 0 Å². The Hall–Kier alpha value is -2.77. The van der Waals surface area contributed by atoms with Crippen molar-refractivity contribution >= 4 is 23.7 Å². The molecule has 0 spiro atoms. The third-order valence-electron chi connectivity index (χ3n) is 4.79. The molecule has 1 aliphatic rings. The molecule has 2 rings (SSSR count). The third kappa shape index (κ3) is 5.61. The molecule has 0 saturated carbocycles. The number of amides is 4. The van der Waals surface area contributed by atoms with Gasteiger partial charge in [0.05, 0.1) is 12.1 Å². The lowest BCUT2D eigenvalue weighted by molar-refractivity contribution is 0.000870. The molecule has 0 aliphatic carbocycles. The number of hydrogen-bond donors (Lipinski definition) is 3. The van der Waals surface area contributed by atoms with Crippen molar-refractivity contribution in [2.45, 2.75) is 58.7 Å². The monoisotopic (exact) mass is 390 g/mol. The van der Waals surface area contributed by atoms with Crippen LogP contribution in [0.3, 0.4) is 0 Å². The minimum absolute atomic E-state index is 0.196. The molecule has 0 aromatic heterocycles. The van der Waals surface area contributed by atoms with E-state index in [0.29, 0.717) is 17.8 Å². The predicted molar refractivity (Wildman–Crippen MR) is 107 cm³/mol. The van der Waals surface area contributed by atoms with Crippen molar-refractivity contribution in [2.75, 3.05) is 11.9 Å². The minimum Gasteiger partial charge on any atom is -0.444 e. The number of nitrogens with one attached hydrogen (secondary N) is 2. The maximum Gasteiger partial charge on any atom is 0.410 e. The average molecular weight is 390 g/mol. The van der Waals surface area contributed by atoms with Crippen molar-refractivity contribution in [3.05, 3.63) is 29.8 Å². The topological polar surface area (TPSA) is 114 Å². The Morgan fingerprint density at radius 3 is 2.29 bits per heavy atom. The summed E-state index contributed by atoms with van der Waals surface area (Å²) in [5, 5.41) is 5.49. The van der Waals surface area contributed by atoms with Gasteiger partial charge in [-0.2, -0.15) is 0 Å². The Labute approximate surface area is 165 Å². The molecule has 3 atom stereocenters. The van der Waals surface area contributed by atoms with Gasteiger partial charge in [-0.3, -0.25) is 4.79 Å². The first-order chi connectivity index (χ1) is 13.0. The van der Waals surface area contributed by atoms with E-state index in [1.54, 1.807) is 29.2 Å². The van der Waals surface area contributed by atoms with E-state index in [-0.39, 0.29) is 30.0 Å². The highest BCUT2D eigenvalue weighted by Crippen LogP contribution is 2.25. The Kier molecular flexibility index (Phi) is 6.53. The van der Waals surface area contributed by atoms with E-state index in [1.165, 1.54) is 0 Å². The average Bonchev–Trinajstić information content (AvgIpc) is 2.56. The number of rotatable bonds is 3. The molecule has 1 fully saturated rings. The molecule has 1 aromatic rings. The molecule has 0 unspecified atom stereocenters. The van der Waals surface area contributed by atoms with Gasteiger partial charge in [0, 0.05) is 17.8 Å². The second-order valence-corrected chi connectivity index (χ2v) is 8.25. The summed E-state index contributed by atoms with van der Waals surface area (Å²) in [7, 11) is 0. The van der Waals surface area contributed by atoms with Gasteiger partial charge >= 0.3 is 12.1 Å². The first-order valence-electron chi connectivity index (χ1n) is 9.45. The summed E-state index contributed by atoms with van der Waals surface area (Å²) in [6.07, 6.45) is 0.406. The van der Waals surface area contributed by atoms with Crippen LogP contribution >= 0.6 is 0 Å². The molecule has 0 bridgehead atoms. The van der Waals surface area contributed by atoms with Crippen LogP contribution in [0.1, 0.15) is 51.4 Å². The molecule has 1 aromatic carbocycles. The van der Waals surface area contributed by atoms with E-state index in [9.17, 15) is 14.4 Å². The lowest BCUT2D eigenvalue weighted by atomic mass is 9.87. The summed E-state index contributed by atoms with van der Waals surface area (Å²) in [4.78, 5) is 37.7. The predicted octanol–water partition coefficient (Wildman–Crippen LogP) is 2.94. The zero-order chi connectivity index (χ0) is 21.1. The summed E-state index contributed by atoms with van der Waals surface area (Å²) in [5.74, 6) is -0.0196. The van der Waals surface area contributed by atoms with Gasteiger partial charge in [0.25, 0.3) is 5.91 Å². The lowest BCUT2D eigenvalue weighted by Gasteiger charge is -2.43. The second-order valence-electron chi connectivity index (χ2n) is 8.25. The van der Waals surface area contributed by atoms with Gasteiger partial charge in [0.2, 0.25) is 0 Å². The van der Waals surface area contributed by atoms with Crippen molar-refractivity contribution in [1.29, 1.82) is 0 Å². The molecule has 1 saturated heterocycles. The zero-order valence-corrected chi connectivity index (χ0v) is 17.1. The number of ether oxygens (including phenoxy) is 1. The van der Waals surface area contributed by atoms with Crippen LogP contribution in [-0.2, 0) is 4.74 Å². The molecule has 1 aliphatic heterocycles. The maximum atomic E-state index is 12.7. The number of nitrogens with zero attached hydrogens (tertiary/aromatic N) is 1. The van der Waals surface area contributed by atoms with Crippen LogP contribution in [0, 0.1) is 5.92 Å². The molecular weight excluding hydrogens is 360 g/mol. The summed E-state index contributed by atoms with van der Waals surface area (Å²) < 4.78 is 5.50. The number of likely N-dealkylation sites (tertiary alicyclic amines) is 1. The van der Waals surface area contributed by atoms with Crippen LogP contribution < -0.4 is 16.4 Å². The number of carbonyl (C=O) groups is 3. The summed E-state index contributed by atoms with van der Waals surface area (Å²) in [5.41, 5.74) is 5.49. The number of nitrogens with two attached hydrogens (primary N) is 1. The Balaban J connectivity index is 2.07. The van der Waals surface area contributed by atoms with E-state index < -0.39 is 11.6 Å². The molecule has 0 radical (unpaired) electrons. The standard InChI is InChI=1S/C20H30N4O4/c1-12-10-11-24(19(27)28-20(3,4)5)13(2)16(12)23-17(25)14-6-8-15(9-7-14)22-18(21)26/h6-9,12-13,16H,10-11H2,1-5H3,(H,23,25)(H3,21,22,26)/t12-,13-,16+/m1/s1. The zero-order valence-electron chi connectivity index (χ0n) is 17.1. The van der Waals surface area contributed by atoms with Crippen LogP contribution in [0.25, 0.3) is 0 Å². The Morgan fingerprint density at radius 1 is 1.14 bits per heavy atom. The number of carbonyl (C=O) groups excluding carboxylic acids is 3. The normalized spacial score (nSPS) is 22.3. The molecule has 1 heterocycles. The first kappa shape index (κ1) is 21.5. The van der Waals surface area contributed by atoms with Crippen molar-refractivity contribution in [3.63, 3.8) is 0 Å². The van der Waals surface area contributed by atoms with Gasteiger partial charge in [-0.25, -0.2) is 9.59 Å². The van der Waals surface area contributed by atoms with Crippen molar-refractivity contribution in [1.82, 2.24) is 10.2 Å². The Morgan fingerprint density at radius 2 is 1.75 bits per heavy atom. The van der Waals surface area contributed by atoms with Crippen LogP contribution in [0.5, 0.6) is 0 Å². The fraction of sp³-hybridized carbons (Fsp3) is 0.550. The van der Waals surface area contributed by atoms with Gasteiger partial charge in [0.1, 0.15) is 5.60 Å². The Bertz CT molecular complexity index is 727. The van der Waals surface area contributed by atoms with E-state index in [0.717, 1.165) is 6.42 Å².